The van der Waals surface area contributed by atoms with Crippen LogP contribution in [0.1, 0.15) is 48.8 Å². The SMILES string of the molecule is c1cc2c(c(NC3CCOCC3)n1)C(c1cnn(CC3CCC3)c1)=NC2. The summed E-state index contributed by atoms with van der Waals surface area (Å²) in [4.78, 5) is 9.45. The maximum Gasteiger partial charge on any atom is 0.135 e. The molecule has 6 heteroatoms. The average Bonchev–Trinajstić information content (AvgIpc) is 3.26. The Morgan fingerprint density at radius 2 is 2.08 bits per heavy atom. The topological polar surface area (TPSA) is 64.3 Å². The number of aromatic nitrogens is 3. The minimum atomic E-state index is 0.422. The standard InChI is InChI=1S/C20H25N5O/c1-2-14(3-1)12-25-13-16(11-23-25)19-18-15(10-22-19)4-7-21-20(18)24-17-5-8-26-9-6-17/h4,7,11,13-14,17H,1-3,5-6,8-10,12H2,(H,21,24). The van der Waals surface area contributed by atoms with Gasteiger partial charge in [-0.25, -0.2) is 4.98 Å². The number of anilines is 1. The second-order valence-electron chi connectivity index (χ2n) is 7.64. The molecule has 0 amide bonds. The van der Waals surface area contributed by atoms with Gasteiger partial charge in [0, 0.05) is 49.3 Å². The van der Waals surface area contributed by atoms with E-state index in [1.807, 2.05) is 12.4 Å². The summed E-state index contributed by atoms with van der Waals surface area (Å²) in [5, 5.41) is 8.22. The monoisotopic (exact) mass is 351 g/mol. The Kier molecular flexibility index (Phi) is 4.21. The normalized spacial score (nSPS) is 20.5. The van der Waals surface area contributed by atoms with Crippen molar-refractivity contribution in [2.45, 2.75) is 51.2 Å². The zero-order valence-corrected chi connectivity index (χ0v) is 15.0. The average molecular weight is 351 g/mol. The molecular formula is C20H25N5O. The molecule has 3 aliphatic rings. The van der Waals surface area contributed by atoms with Gasteiger partial charge in [0.1, 0.15) is 5.82 Å². The summed E-state index contributed by atoms with van der Waals surface area (Å²) < 4.78 is 7.56. The number of rotatable bonds is 5. The fourth-order valence-electron chi connectivity index (χ4n) is 4.05. The van der Waals surface area contributed by atoms with E-state index in [1.54, 1.807) is 0 Å². The maximum atomic E-state index is 5.47. The predicted octanol–water partition coefficient (Wildman–Crippen LogP) is 3.02. The Morgan fingerprint density at radius 1 is 1.19 bits per heavy atom. The molecule has 0 bridgehead atoms. The number of aliphatic imine (C=N–C) groups is 1. The van der Waals surface area contributed by atoms with E-state index in [2.05, 4.69) is 32.3 Å². The molecule has 5 rings (SSSR count). The van der Waals surface area contributed by atoms with E-state index in [0.717, 1.165) is 67.7 Å². The van der Waals surface area contributed by atoms with Gasteiger partial charge in [-0.1, -0.05) is 6.42 Å². The van der Waals surface area contributed by atoms with Crippen molar-refractivity contribution < 1.29 is 4.74 Å². The first-order valence-corrected chi connectivity index (χ1v) is 9.76. The van der Waals surface area contributed by atoms with E-state index in [1.165, 1.54) is 24.8 Å². The van der Waals surface area contributed by atoms with E-state index in [9.17, 15) is 0 Å². The van der Waals surface area contributed by atoms with Crippen LogP contribution < -0.4 is 5.32 Å². The largest absolute Gasteiger partial charge is 0.381 e. The molecule has 1 saturated carbocycles. The van der Waals surface area contributed by atoms with E-state index >= 15 is 0 Å². The van der Waals surface area contributed by atoms with Crippen molar-refractivity contribution in [2.24, 2.45) is 10.9 Å². The van der Waals surface area contributed by atoms with Gasteiger partial charge in [0.2, 0.25) is 0 Å². The summed E-state index contributed by atoms with van der Waals surface area (Å²) in [7, 11) is 0. The molecule has 2 fully saturated rings. The quantitative estimate of drug-likeness (QED) is 0.899. The molecule has 0 aromatic carbocycles. The molecule has 1 aliphatic carbocycles. The summed E-state index contributed by atoms with van der Waals surface area (Å²) in [5.74, 6) is 1.75. The van der Waals surface area contributed by atoms with E-state index in [0.29, 0.717) is 6.04 Å². The van der Waals surface area contributed by atoms with Crippen LogP contribution in [0.5, 0.6) is 0 Å². The van der Waals surface area contributed by atoms with Gasteiger partial charge in [-0.15, -0.1) is 0 Å². The lowest BCUT2D eigenvalue weighted by molar-refractivity contribution is 0.0904. The first-order chi connectivity index (χ1) is 12.9. The molecule has 136 valence electrons. The minimum Gasteiger partial charge on any atom is -0.381 e. The number of hydrogen-bond donors (Lipinski definition) is 1. The van der Waals surface area contributed by atoms with Gasteiger partial charge in [-0.3, -0.25) is 9.67 Å². The van der Waals surface area contributed by atoms with Crippen molar-refractivity contribution in [3.05, 3.63) is 41.3 Å². The van der Waals surface area contributed by atoms with E-state index < -0.39 is 0 Å². The number of pyridine rings is 1. The zero-order chi connectivity index (χ0) is 17.3. The van der Waals surface area contributed by atoms with Gasteiger partial charge in [0.05, 0.1) is 18.5 Å². The fourth-order valence-corrected chi connectivity index (χ4v) is 4.05. The number of ether oxygens (including phenoxy) is 1. The number of fused-ring (bicyclic) bond motifs is 1. The molecule has 2 aromatic heterocycles. The van der Waals surface area contributed by atoms with Crippen LogP contribution in [0.25, 0.3) is 0 Å². The molecule has 0 spiro atoms. The third-order valence-electron chi connectivity index (χ3n) is 5.82. The Balaban J connectivity index is 1.39. The molecule has 1 saturated heterocycles. The smallest absolute Gasteiger partial charge is 0.135 e. The summed E-state index contributed by atoms with van der Waals surface area (Å²) in [5.41, 5.74) is 4.53. The van der Waals surface area contributed by atoms with Crippen molar-refractivity contribution in [1.82, 2.24) is 14.8 Å². The molecule has 2 aromatic rings. The highest BCUT2D eigenvalue weighted by Crippen LogP contribution is 2.30. The first kappa shape index (κ1) is 16.0. The Morgan fingerprint density at radius 3 is 2.88 bits per heavy atom. The minimum absolute atomic E-state index is 0.422. The second-order valence-corrected chi connectivity index (χ2v) is 7.64. The Hall–Kier alpha value is -2.21. The van der Waals surface area contributed by atoms with Gasteiger partial charge in [-0.05, 0) is 43.2 Å². The van der Waals surface area contributed by atoms with E-state index in [4.69, 9.17) is 9.73 Å². The summed E-state index contributed by atoms with van der Waals surface area (Å²) >= 11 is 0. The Bertz CT molecular complexity index is 817. The molecule has 0 radical (unpaired) electrons. The lowest BCUT2D eigenvalue weighted by Crippen LogP contribution is -2.29. The highest BCUT2D eigenvalue weighted by atomic mass is 16.5. The second kappa shape index (κ2) is 6.83. The summed E-state index contributed by atoms with van der Waals surface area (Å²) in [6, 6.07) is 2.51. The van der Waals surface area contributed by atoms with Crippen LogP contribution >= 0.6 is 0 Å². The zero-order valence-electron chi connectivity index (χ0n) is 15.0. The number of nitrogens with zero attached hydrogens (tertiary/aromatic N) is 4. The number of nitrogens with one attached hydrogen (secondary N) is 1. The summed E-state index contributed by atoms with van der Waals surface area (Å²) in [6.45, 7) is 3.40. The van der Waals surface area contributed by atoms with Crippen LogP contribution in [-0.2, 0) is 17.8 Å². The van der Waals surface area contributed by atoms with Crippen molar-refractivity contribution in [3.8, 4) is 0 Å². The third-order valence-corrected chi connectivity index (χ3v) is 5.82. The van der Waals surface area contributed by atoms with Crippen LogP contribution in [0, 0.1) is 5.92 Å². The van der Waals surface area contributed by atoms with Crippen LogP contribution in [0.3, 0.4) is 0 Å². The highest BCUT2D eigenvalue weighted by Gasteiger charge is 2.25. The van der Waals surface area contributed by atoms with Gasteiger partial charge in [0.25, 0.3) is 0 Å². The fraction of sp³-hybridized carbons (Fsp3) is 0.550. The van der Waals surface area contributed by atoms with Crippen molar-refractivity contribution >= 4 is 11.5 Å². The van der Waals surface area contributed by atoms with Crippen LogP contribution in [0.15, 0.2) is 29.6 Å². The van der Waals surface area contributed by atoms with Gasteiger partial charge >= 0.3 is 0 Å². The van der Waals surface area contributed by atoms with Crippen molar-refractivity contribution in [3.63, 3.8) is 0 Å². The van der Waals surface area contributed by atoms with Crippen molar-refractivity contribution in [1.29, 1.82) is 0 Å². The Labute approximate surface area is 153 Å². The van der Waals surface area contributed by atoms with Gasteiger partial charge < -0.3 is 10.1 Å². The molecule has 4 heterocycles. The lowest BCUT2D eigenvalue weighted by Gasteiger charge is -2.25. The van der Waals surface area contributed by atoms with E-state index in [-0.39, 0.29) is 0 Å². The molecule has 0 unspecified atom stereocenters. The molecule has 26 heavy (non-hydrogen) atoms. The first-order valence-electron chi connectivity index (χ1n) is 9.76. The molecule has 0 atom stereocenters. The molecule has 2 aliphatic heterocycles. The lowest BCUT2D eigenvalue weighted by atomic mass is 9.85. The third kappa shape index (κ3) is 3.03. The van der Waals surface area contributed by atoms with Gasteiger partial charge in [0.15, 0.2) is 0 Å². The van der Waals surface area contributed by atoms with Crippen LogP contribution in [0.2, 0.25) is 0 Å². The number of hydrogen-bond acceptors (Lipinski definition) is 5. The molecule has 6 nitrogen and oxygen atoms in total. The summed E-state index contributed by atoms with van der Waals surface area (Å²) in [6.07, 6.45) is 12.1. The molecule has 1 N–H and O–H groups in total. The molecular weight excluding hydrogens is 326 g/mol. The maximum absolute atomic E-state index is 5.47. The van der Waals surface area contributed by atoms with Crippen molar-refractivity contribution in [2.75, 3.05) is 18.5 Å². The van der Waals surface area contributed by atoms with Crippen LogP contribution in [0.4, 0.5) is 5.82 Å². The highest BCUT2D eigenvalue weighted by molar-refractivity contribution is 6.17. The predicted molar refractivity (Wildman–Crippen MR) is 101 cm³/mol. The van der Waals surface area contributed by atoms with Crippen LogP contribution in [-0.4, -0.2) is 39.7 Å². The van der Waals surface area contributed by atoms with Gasteiger partial charge in [-0.2, -0.15) is 5.10 Å².